The maximum absolute atomic E-state index is 5.38. The Morgan fingerprint density at radius 3 is 2.74 bits per heavy atom. The van der Waals surface area contributed by atoms with E-state index in [2.05, 4.69) is 48.5 Å². The van der Waals surface area contributed by atoms with Crippen molar-refractivity contribution in [3.63, 3.8) is 0 Å². The van der Waals surface area contributed by atoms with Gasteiger partial charge >= 0.3 is 0 Å². The van der Waals surface area contributed by atoms with Crippen LogP contribution in [0.4, 0.5) is 0 Å². The second-order valence-corrected chi connectivity index (χ2v) is 6.12. The number of ether oxygens (including phenoxy) is 1. The highest BCUT2D eigenvalue weighted by Gasteiger charge is 2.18. The smallest absolute Gasteiger partial charge is 0.0608 e. The molecule has 1 saturated heterocycles. The van der Waals surface area contributed by atoms with Crippen molar-refractivity contribution in [3.8, 4) is 0 Å². The molecule has 1 aromatic carbocycles. The third-order valence-corrected chi connectivity index (χ3v) is 5.12. The first-order valence-electron chi connectivity index (χ1n) is 6.82. The van der Waals surface area contributed by atoms with Crippen LogP contribution in [0, 0.1) is 6.92 Å². The van der Waals surface area contributed by atoms with Gasteiger partial charge in [0.15, 0.2) is 0 Å². The summed E-state index contributed by atoms with van der Waals surface area (Å²) in [4.78, 5) is 1.44. The summed E-state index contributed by atoms with van der Waals surface area (Å²) >= 11 is 1.90. The molecule has 3 rings (SSSR count). The standard InChI is InChI=1S/C15H20N2OS/c1-11-13-5-3-4-6-14(13)19-15(11)12(2)16-17-7-9-18-10-8-17/h3-6,12,16H,7-10H2,1-2H3. The number of morpholine rings is 1. The molecule has 1 N–H and O–H groups in total. The minimum atomic E-state index is 0.357. The lowest BCUT2D eigenvalue weighted by Gasteiger charge is -2.30. The molecule has 0 aliphatic carbocycles. The number of fused-ring (bicyclic) bond motifs is 1. The summed E-state index contributed by atoms with van der Waals surface area (Å²) < 4.78 is 6.76. The van der Waals surface area contributed by atoms with Crippen LogP contribution < -0.4 is 5.43 Å². The van der Waals surface area contributed by atoms with Crippen molar-refractivity contribution in [1.29, 1.82) is 0 Å². The largest absolute Gasteiger partial charge is 0.379 e. The van der Waals surface area contributed by atoms with Gasteiger partial charge in [0, 0.05) is 22.7 Å². The van der Waals surface area contributed by atoms with Gasteiger partial charge in [-0.05, 0) is 30.9 Å². The highest BCUT2D eigenvalue weighted by molar-refractivity contribution is 7.19. The number of hydrazine groups is 1. The fourth-order valence-corrected chi connectivity index (χ4v) is 3.84. The molecule has 1 atom stereocenters. The molecule has 0 bridgehead atoms. The number of hydrogen-bond acceptors (Lipinski definition) is 4. The molecule has 3 nitrogen and oxygen atoms in total. The van der Waals surface area contributed by atoms with E-state index in [1.54, 1.807) is 0 Å². The normalized spacial score (nSPS) is 18.8. The van der Waals surface area contributed by atoms with Crippen molar-refractivity contribution >= 4 is 21.4 Å². The van der Waals surface area contributed by atoms with Crippen molar-refractivity contribution in [2.24, 2.45) is 0 Å². The Balaban J connectivity index is 1.80. The van der Waals surface area contributed by atoms with E-state index >= 15 is 0 Å². The summed E-state index contributed by atoms with van der Waals surface area (Å²) in [7, 11) is 0. The van der Waals surface area contributed by atoms with Gasteiger partial charge in [0.2, 0.25) is 0 Å². The topological polar surface area (TPSA) is 24.5 Å². The molecule has 1 fully saturated rings. The van der Waals surface area contributed by atoms with E-state index < -0.39 is 0 Å². The lowest BCUT2D eigenvalue weighted by atomic mass is 10.1. The summed E-state index contributed by atoms with van der Waals surface area (Å²) in [6, 6.07) is 9.01. The molecule has 19 heavy (non-hydrogen) atoms. The van der Waals surface area contributed by atoms with E-state index in [1.165, 1.54) is 20.5 Å². The second-order valence-electron chi connectivity index (χ2n) is 5.04. The fourth-order valence-electron chi connectivity index (χ4n) is 2.63. The molecule has 102 valence electrons. The number of hydrogen-bond donors (Lipinski definition) is 1. The Bertz CT molecular complexity index is 560. The van der Waals surface area contributed by atoms with E-state index in [9.17, 15) is 0 Å². The average Bonchev–Trinajstić information content (AvgIpc) is 2.78. The number of nitrogens with one attached hydrogen (secondary N) is 1. The lowest BCUT2D eigenvalue weighted by Crippen LogP contribution is -2.46. The van der Waals surface area contributed by atoms with Crippen LogP contribution in [-0.4, -0.2) is 31.3 Å². The summed E-state index contributed by atoms with van der Waals surface area (Å²) in [5.41, 5.74) is 5.01. The number of nitrogens with zero attached hydrogens (tertiary/aromatic N) is 1. The molecule has 1 aliphatic rings. The maximum atomic E-state index is 5.38. The zero-order valence-corrected chi connectivity index (χ0v) is 12.3. The van der Waals surface area contributed by atoms with Gasteiger partial charge in [0.1, 0.15) is 0 Å². The van der Waals surface area contributed by atoms with E-state index in [4.69, 9.17) is 4.74 Å². The summed E-state index contributed by atoms with van der Waals surface area (Å²) in [6.07, 6.45) is 0. The highest BCUT2D eigenvalue weighted by Crippen LogP contribution is 2.34. The molecule has 0 amide bonds. The molecular weight excluding hydrogens is 256 g/mol. The molecule has 2 aromatic rings. The predicted octanol–water partition coefficient (Wildman–Crippen LogP) is 3.11. The second kappa shape index (κ2) is 5.59. The lowest BCUT2D eigenvalue weighted by molar-refractivity contribution is 0.00508. The van der Waals surface area contributed by atoms with E-state index in [0.29, 0.717) is 6.04 Å². The summed E-state index contributed by atoms with van der Waals surface area (Å²) in [5.74, 6) is 0. The molecule has 4 heteroatoms. The minimum absolute atomic E-state index is 0.357. The van der Waals surface area contributed by atoms with Crippen molar-refractivity contribution in [2.45, 2.75) is 19.9 Å². The summed E-state index contributed by atoms with van der Waals surface area (Å²) in [6.45, 7) is 8.05. The third kappa shape index (κ3) is 2.67. The molecule has 0 spiro atoms. The quantitative estimate of drug-likeness (QED) is 0.932. The summed E-state index contributed by atoms with van der Waals surface area (Å²) in [5, 5.41) is 3.66. The van der Waals surface area contributed by atoms with Gasteiger partial charge in [-0.25, -0.2) is 10.4 Å². The highest BCUT2D eigenvalue weighted by atomic mass is 32.1. The van der Waals surface area contributed by atoms with Crippen LogP contribution in [0.5, 0.6) is 0 Å². The first kappa shape index (κ1) is 13.1. The van der Waals surface area contributed by atoms with Crippen LogP contribution in [0.25, 0.3) is 10.1 Å². The number of rotatable bonds is 3. The van der Waals surface area contributed by atoms with E-state index in [1.807, 2.05) is 11.3 Å². The number of aryl methyl sites for hydroxylation is 1. The van der Waals surface area contributed by atoms with Crippen molar-refractivity contribution in [3.05, 3.63) is 34.7 Å². The van der Waals surface area contributed by atoms with E-state index in [-0.39, 0.29) is 0 Å². The maximum Gasteiger partial charge on any atom is 0.0608 e. The third-order valence-electron chi connectivity index (χ3n) is 3.66. The minimum Gasteiger partial charge on any atom is -0.379 e. The zero-order chi connectivity index (χ0) is 13.2. The van der Waals surface area contributed by atoms with Crippen LogP contribution in [0.1, 0.15) is 23.4 Å². The Morgan fingerprint density at radius 2 is 2.00 bits per heavy atom. The molecule has 2 heterocycles. The fraction of sp³-hybridized carbons (Fsp3) is 0.467. The molecule has 1 aromatic heterocycles. The van der Waals surface area contributed by atoms with Crippen molar-refractivity contribution in [2.75, 3.05) is 26.3 Å². The van der Waals surface area contributed by atoms with Gasteiger partial charge in [0.25, 0.3) is 0 Å². The van der Waals surface area contributed by atoms with Crippen LogP contribution in [0.2, 0.25) is 0 Å². The molecular formula is C15H20N2OS. The van der Waals surface area contributed by atoms with Crippen LogP contribution in [-0.2, 0) is 4.74 Å². The molecule has 0 saturated carbocycles. The first-order valence-corrected chi connectivity index (χ1v) is 7.64. The molecule has 1 aliphatic heterocycles. The van der Waals surface area contributed by atoms with Gasteiger partial charge in [-0.1, -0.05) is 18.2 Å². The Labute approximate surface area is 118 Å². The van der Waals surface area contributed by atoms with Gasteiger partial charge in [-0.3, -0.25) is 0 Å². The number of benzene rings is 1. The van der Waals surface area contributed by atoms with Gasteiger partial charge in [-0.15, -0.1) is 11.3 Å². The molecule has 0 radical (unpaired) electrons. The first-order chi connectivity index (χ1) is 9.25. The average molecular weight is 276 g/mol. The zero-order valence-electron chi connectivity index (χ0n) is 11.5. The molecule has 1 unspecified atom stereocenters. The van der Waals surface area contributed by atoms with Crippen LogP contribution in [0.15, 0.2) is 24.3 Å². The Morgan fingerprint density at radius 1 is 1.26 bits per heavy atom. The van der Waals surface area contributed by atoms with E-state index in [0.717, 1.165) is 26.3 Å². The predicted molar refractivity (Wildman–Crippen MR) is 80.5 cm³/mol. The Hall–Kier alpha value is -0.940. The Kier molecular flexibility index (Phi) is 3.84. The van der Waals surface area contributed by atoms with Crippen molar-refractivity contribution < 1.29 is 4.74 Å². The van der Waals surface area contributed by atoms with Gasteiger partial charge in [0.05, 0.1) is 19.3 Å². The SMILES string of the molecule is Cc1c(C(C)NN2CCOCC2)sc2ccccc12. The number of thiophene rings is 1. The van der Waals surface area contributed by atoms with Gasteiger partial charge < -0.3 is 4.74 Å². The van der Waals surface area contributed by atoms with Gasteiger partial charge in [-0.2, -0.15) is 0 Å². The van der Waals surface area contributed by atoms with Crippen LogP contribution >= 0.6 is 11.3 Å². The monoisotopic (exact) mass is 276 g/mol. The van der Waals surface area contributed by atoms with Crippen LogP contribution in [0.3, 0.4) is 0 Å². The van der Waals surface area contributed by atoms with Crippen molar-refractivity contribution in [1.82, 2.24) is 10.4 Å².